The SMILES string of the molecule is CC(C)(O)CCN(N)C(N)=S. The van der Waals surface area contributed by atoms with Crippen molar-refractivity contribution in [1.29, 1.82) is 0 Å². The van der Waals surface area contributed by atoms with E-state index in [1.807, 2.05) is 0 Å². The van der Waals surface area contributed by atoms with Crippen molar-refractivity contribution >= 4 is 17.3 Å². The second-order valence-corrected chi connectivity index (χ2v) is 3.51. The Morgan fingerprint density at radius 1 is 1.64 bits per heavy atom. The largest absolute Gasteiger partial charge is 0.390 e. The summed E-state index contributed by atoms with van der Waals surface area (Å²) in [6.45, 7) is 3.89. The zero-order valence-corrected chi connectivity index (χ0v) is 7.69. The molecule has 0 aromatic heterocycles. The van der Waals surface area contributed by atoms with Crippen LogP contribution in [-0.2, 0) is 0 Å². The Morgan fingerprint density at radius 2 is 2.09 bits per heavy atom. The number of hydrogen-bond acceptors (Lipinski definition) is 3. The van der Waals surface area contributed by atoms with Crippen LogP contribution in [0.1, 0.15) is 20.3 Å². The lowest BCUT2D eigenvalue weighted by Gasteiger charge is -2.22. The van der Waals surface area contributed by atoms with Gasteiger partial charge in [0, 0.05) is 6.54 Å². The first-order chi connectivity index (χ1) is 4.83. The first-order valence-electron chi connectivity index (χ1n) is 3.37. The summed E-state index contributed by atoms with van der Waals surface area (Å²) in [6, 6.07) is 0. The third kappa shape index (κ3) is 6.03. The third-order valence-electron chi connectivity index (χ3n) is 1.25. The summed E-state index contributed by atoms with van der Waals surface area (Å²) < 4.78 is 0. The minimum absolute atomic E-state index is 0.147. The second kappa shape index (κ2) is 3.85. The van der Waals surface area contributed by atoms with Gasteiger partial charge in [0.1, 0.15) is 0 Å². The van der Waals surface area contributed by atoms with Gasteiger partial charge in [-0.15, -0.1) is 0 Å². The van der Waals surface area contributed by atoms with E-state index in [0.717, 1.165) is 0 Å². The van der Waals surface area contributed by atoms with E-state index in [0.29, 0.717) is 13.0 Å². The van der Waals surface area contributed by atoms with Crippen molar-refractivity contribution in [3.05, 3.63) is 0 Å². The van der Waals surface area contributed by atoms with Crippen LogP contribution in [0.3, 0.4) is 0 Å². The van der Waals surface area contributed by atoms with Gasteiger partial charge in [0.15, 0.2) is 5.11 Å². The van der Waals surface area contributed by atoms with Crippen LogP contribution in [-0.4, -0.2) is 27.4 Å². The van der Waals surface area contributed by atoms with Gasteiger partial charge in [0.25, 0.3) is 0 Å². The van der Waals surface area contributed by atoms with Crippen molar-refractivity contribution < 1.29 is 5.11 Å². The van der Waals surface area contributed by atoms with Crippen LogP contribution in [0.25, 0.3) is 0 Å². The van der Waals surface area contributed by atoms with Gasteiger partial charge in [-0.3, -0.25) is 5.01 Å². The van der Waals surface area contributed by atoms with Gasteiger partial charge in [0.2, 0.25) is 0 Å². The Kier molecular flexibility index (Phi) is 3.71. The number of rotatable bonds is 3. The molecule has 0 bridgehead atoms. The molecule has 11 heavy (non-hydrogen) atoms. The van der Waals surface area contributed by atoms with Crippen LogP contribution in [0.4, 0.5) is 0 Å². The number of hydrogen-bond donors (Lipinski definition) is 3. The minimum Gasteiger partial charge on any atom is -0.390 e. The summed E-state index contributed by atoms with van der Waals surface area (Å²) in [6.07, 6.45) is 0.542. The summed E-state index contributed by atoms with van der Waals surface area (Å²) in [5, 5.41) is 10.7. The maximum Gasteiger partial charge on any atom is 0.180 e. The summed E-state index contributed by atoms with van der Waals surface area (Å²) >= 11 is 4.60. The lowest BCUT2D eigenvalue weighted by atomic mass is 10.1. The molecule has 0 aliphatic heterocycles. The van der Waals surface area contributed by atoms with E-state index in [9.17, 15) is 5.11 Å². The van der Waals surface area contributed by atoms with Gasteiger partial charge in [-0.25, -0.2) is 5.84 Å². The van der Waals surface area contributed by atoms with E-state index in [-0.39, 0.29) is 5.11 Å². The molecule has 0 aliphatic rings. The van der Waals surface area contributed by atoms with Crippen molar-refractivity contribution in [3.8, 4) is 0 Å². The van der Waals surface area contributed by atoms with Crippen molar-refractivity contribution in [2.45, 2.75) is 25.9 Å². The topological polar surface area (TPSA) is 75.5 Å². The molecule has 0 unspecified atom stereocenters. The van der Waals surface area contributed by atoms with Gasteiger partial charge in [-0.1, -0.05) is 0 Å². The Hall–Kier alpha value is -0.390. The molecule has 0 radical (unpaired) electrons. The molecule has 0 atom stereocenters. The molecular formula is C6H15N3OS. The highest BCUT2D eigenvalue weighted by atomic mass is 32.1. The lowest BCUT2D eigenvalue weighted by Crippen LogP contribution is -2.43. The fourth-order valence-corrected chi connectivity index (χ4v) is 0.596. The summed E-state index contributed by atoms with van der Waals surface area (Å²) in [5.74, 6) is 5.38. The lowest BCUT2D eigenvalue weighted by molar-refractivity contribution is 0.0646. The van der Waals surface area contributed by atoms with Gasteiger partial charge < -0.3 is 10.8 Å². The van der Waals surface area contributed by atoms with E-state index in [4.69, 9.17) is 11.6 Å². The Morgan fingerprint density at radius 3 is 2.36 bits per heavy atom. The van der Waals surface area contributed by atoms with Crippen molar-refractivity contribution in [1.82, 2.24) is 5.01 Å². The first kappa shape index (κ1) is 10.6. The smallest absolute Gasteiger partial charge is 0.180 e. The van der Waals surface area contributed by atoms with Crippen LogP contribution >= 0.6 is 12.2 Å². The number of thiocarbonyl (C=S) groups is 1. The zero-order valence-electron chi connectivity index (χ0n) is 6.87. The quantitative estimate of drug-likeness (QED) is 0.310. The molecular weight excluding hydrogens is 162 g/mol. The normalized spacial score (nSPS) is 11.3. The maximum atomic E-state index is 9.28. The maximum absolute atomic E-state index is 9.28. The zero-order chi connectivity index (χ0) is 9.07. The highest BCUT2D eigenvalue weighted by Gasteiger charge is 2.13. The highest BCUT2D eigenvalue weighted by Crippen LogP contribution is 2.06. The molecule has 0 aliphatic carbocycles. The summed E-state index contributed by atoms with van der Waals surface area (Å²) in [7, 11) is 0. The number of hydrazine groups is 1. The van der Waals surface area contributed by atoms with Crippen LogP contribution < -0.4 is 11.6 Å². The van der Waals surface area contributed by atoms with Crippen molar-refractivity contribution in [2.24, 2.45) is 11.6 Å². The van der Waals surface area contributed by atoms with Gasteiger partial charge >= 0.3 is 0 Å². The van der Waals surface area contributed by atoms with Gasteiger partial charge in [0.05, 0.1) is 5.60 Å². The molecule has 0 aromatic rings. The molecule has 0 spiro atoms. The standard InChI is InChI=1S/C6H15N3OS/c1-6(2,10)3-4-9(8)5(7)11/h10H,3-4,8H2,1-2H3,(H2,7,11). The predicted octanol–water partition coefficient (Wildman–Crippen LogP) is -0.433. The average Bonchev–Trinajstić information content (AvgIpc) is 1.80. The second-order valence-electron chi connectivity index (χ2n) is 3.09. The fraction of sp³-hybridized carbons (Fsp3) is 0.833. The first-order valence-corrected chi connectivity index (χ1v) is 3.78. The number of aliphatic hydroxyl groups is 1. The molecule has 5 N–H and O–H groups in total. The van der Waals surface area contributed by atoms with Gasteiger partial charge in [-0.05, 0) is 32.5 Å². The Labute approximate surface area is 72.1 Å². The van der Waals surface area contributed by atoms with Crippen LogP contribution in [0.15, 0.2) is 0 Å². The number of nitrogens with two attached hydrogens (primary N) is 2. The summed E-state index contributed by atoms with van der Waals surface area (Å²) in [4.78, 5) is 0. The third-order valence-corrected chi connectivity index (χ3v) is 1.48. The molecule has 5 heteroatoms. The molecule has 4 nitrogen and oxygen atoms in total. The molecule has 0 saturated heterocycles. The van der Waals surface area contributed by atoms with E-state index < -0.39 is 5.60 Å². The predicted molar refractivity (Wildman–Crippen MR) is 48.6 cm³/mol. The Bertz CT molecular complexity index is 143. The fourth-order valence-electron chi connectivity index (χ4n) is 0.504. The number of nitrogens with zero attached hydrogens (tertiary/aromatic N) is 1. The van der Waals surface area contributed by atoms with E-state index in [1.165, 1.54) is 5.01 Å². The molecule has 0 amide bonds. The molecule has 66 valence electrons. The molecule has 0 saturated carbocycles. The average molecular weight is 177 g/mol. The minimum atomic E-state index is -0.720. The van der Waals surface area contributed by atoms with Crippen molar-refractivity contribution in [3.63, 3.8) is 0 Å². The van der Waals surface area contributed by atoms with E-state index in [1.54, 1.807) is 13.8 Å². The molecule has 0 rings (SSSR count). The van der Waals surface area contributed by atoms with Crippen LogP contribution in [0.2, 0.25) is 0 Å². The molecule has 0 aromatic carbocycles. The van der Waals surface area contributed by atoms with E-state index >= 15 is 0 Å². The molecule has 0 fully saturated rings. The van der Waals surface area contributed by atoms with Crippen LogP contribution in [0.5, 0.6) is 0 Å². The van der Waals surface area contributed by atoms with Crippen LogP contribution in [0, 0.1) is 0 Å². The summed E-state index contributed by atoms with van der Waals surface area (Å²) in [5.41, 5.74) is 4.50. The van der Waals surface area contributed by atoms with Crippen molar-refractivity contribution in [2.75, 3.05) is 6.54 Å². The highest BCUT2D eigenvalue weighted by molar-refractivity contribution is 7.80. The van der Waals surface area contributed by atoms with E-state index in [2.05, 4.69) is 12.2 Å². The van der Waals surface area contributed by atoms with Gasteiger partial charge in [-0.2, -0.15) is 0 Å². The Balaban J connectivity index is 3.63. The molecule has 0 heterocycles. The monoisotopic (exact) mass is 177 g/mol.